The fourth-order valence-electron chi connectivity index (χ4n) is 1.32. The van der Waals surface area contributed by atoms with Crippen molar-refractivity contribution < 1.29 is 8.42 Å². The maximum atomic E-state index is 12.0. The van der Waals surface area contributed by atoms with Crippen molar-refractivity contribution in [3.05, 3.63) is 29.8 Å². The number of sulfonamides is 1. The van der Waals surface area contributed by atoms with Crippen molar-refractivity contribution in [3.63, 3.8) is 0 Å². The summed E-state index contributed by atoms with van der Waals surface area (Å²) in [6, 6.07) is 6.86. The van der Waals surface area contributed by atoms with Gasteiger partial charge in [-0.05, 0) is 26.0 Å². The molecular weight excluding hydrogens is 256 g/mol. The van der Waals surface area contributed by atoms with Crippen LogP contribution >= 0.6 is 12.2 Å². The summed E-state index contributed by atoms with van der Waals surface area (Å²) in [4.78, 5) is 0.252. The number of hydrogen-bond donors (Lipinski definition) is 1. The van der Waals surface area contributed by atoms with Crippen molar-refractivity contribution in [2.75, 3.05) is 11.4 Å². The number of benzene rings is 1. The molecule has 4 nitrogen and oxygen atoms in total. The van der Waals surface area contributed by atoms with E-state index < -0.39 is 15.3 Å². The second-order valence-electron chi connectivity index (χ2n) is 3.98. The summed E-state index contributed by atoms with van der Waals surface area (Å²) in [7, 11) is -1.80. The molecule has 0 saturated carbocycles. The molecule has 0 aliphatic carbocycles. The smallest absolute Gasteiger partial charge is 0.237 e. The molecule has 1 rings (SSSR count). The quantitative estimate of drug-likeness (QED) is 0.844. The predicted octanol–water partition coefficient (Wildman–Crippen LogP) is 1.50. The van der Waals surface area contributed by atoms with Crippen LogP contribution in [0, 0.1) is 0 Å². The summed E-state index contributed by atoms with van der Waals surface area (Å²) >= 11 is 4.86. The van der Waals surface area contributed by atoms with Crippen molar-refractivity contribution >= 4 is 32.9 Å². The van der Waals surface area contributed by atoms with Gasteiger partial charge in [-0.2, -0.15) is 0 Å². The monoisotopic (exact) mass is 272 g/mol. The third-order valence-electron chi connectivity index (χ3n) is 2.47. The lowest BCUT2D eigenvalue weighted by atomic mass is 10.2. The van der Waals surface area contributed by atoms with Gasteiger partial charge in [0.25, 0.3) is 0 Å². The highest BCUT2D eigenvalue weighted by molar-refractivity contribution is 7.93. The first-order chi connectivity index (χ1) is 7.76. The highest BCUT2D eigenvalue weighted by Crippen LogP contribution is 2.20. The Morgan fingerprint density at radius 3 is 2.47 bits per heavy atom. The average Bonchev–Trinajstić information content (AvgIpc) is 2.27. The Morgan fingerprint density at radius 1 is 1.41 bits per heavy atom. The van der Waals surface area contributed by atoms with Gasteiger partial charge in [-0.25, -0.2) is 8.42 Å². The van der Waals surface area contributed by atoms with E-state index in [1.807, 2.05) is 0 Å². The van der Waals surface area contributed by atoms with E-state index in [0.717, 1.165) is 0 Å². The van der Waals surface area contributed by atoms with E-state index in [1.165, 1.54) is 11.4 Å². The predicted molar refractivity (Wildman–Crippen MR) is 74.8 cm³/mol. The molecule has 0 saturated heterocycles. The van der Waals surface area contributed by atoms with Crippen LogP contribution < -0.4 is 10.0 Å². The first-order valence-corrected chi connectivity index (χ1v) is 7.05. The topological polar surface area (TPSA) is 63.4 Å². The highest BCUT2D eigenvalue weighted by atomic mass is 32.2. The number of nitrogens with two attached hydrogens (primary N) is 1. The summed E-state index contributed by atoms with van der Waals surface area (Å²) < 4.78 is 25.2. The number of hydrogen-bond acceptors (Lipinski definition) is 3. The molecule has 0 aliphatic rings. The van der Waals surface area contributed by atoms with Gasteiger partial charge >= 0.3 is 0 Å². The van der Waals surface area contributed by atoms with Crippen LogP contribution in [0.3, 0.4) is 0 Å². The van der Waals surface area contributed by atoms with Crippen LogP contribution in [-0.2, 0) is 10.0 Å². The SMILES string of the molecule is CC(C)S(=O)(=O)N(C)c1cccc(C(N)=S)c1. The number of thiocarbonyl (C=S) groups is 1. The summed E-state index contributed by atoms with van der Waals surface area (Å²) in [5.74, 6) is 0. The first-order valence-electron chi connectivity index (χ1n) is 5.14. The number of rotatable bonds is 4. The molecular formula is C11H16N2O2S2. The third kappa shape index (κ3) is 2.95. The number of anilines is 1. The minimum atomic E-state index is -3.32. The Balaban J connectivity index is 3.18. The second kappa shape index (κ2) is 5.01. The van der Waals surface area contributed by atoms with Crippen LogP contribution in [-0.4, -0.2) is 25.7 Å². The van der Waals surface area contributed by atoms with Crippen molar-refractivity contribution in [1.82, 2.24) is 0 Å². The summed E-state index contributed by atoms with van der Waals surface area (Å²) in [6.45, 7) is 3.28. The molecule has 0 radical (unpaired) electrons. The van der Waals surface area contributed by atoms with Crippen LogP contribution in [0.5, 0.6) is 0 Å². The lowest BCUT2D eigenvalue weighted by molar-refractivity contribution is 0.585. The van der Waals surface area contributed by atoms with Crippen LogP contribution in [0.15, 0.2) is 24.3 Å². The van der Waals surface area contributed by atoms with Gasteiger partial charge in [0, 0.05) is 12.6 Å². The normalized spacial score (nSPS) is 11.5. The maximum absolute atomic E-state index is 12.0. The van der Waals surface area contributed by atoms with Gasteiger partial charge in [-0.3, -0.25) is 4.31 Å². The standard InChI is InChI=1S/C11H16N2O2S2/c1-8(2)17(14,15)13(3)10-6-4-5-9(7-10)11(12)16/h4-8H,1-3H3,(H2,12,16). The van der Waals surface area contributed by atoms with Crippen LogP contribution in [0.1, 0.15) is 19.4 Å². The zero-order valence-corrected chi connectivity index (χ0v) is 11.7. The Bertz CT molecular complexity index is 524. The minimum Gasteiger partial charge on any atom is -0.389 e. The summed E-state index contributed by atoms with van der Waals surface area (Å²) in [5, 5.41) is -0.471. The van der Waals surface area contributed by atoms with Gasteiger partial charge in [0.2, 0.25) is 10.0 Å². The minimum absolute atomic E-state index is 0.252. The van der Waals surface area contributed by atoms with E-state index in [4.69, 9.17) is 18.0 Å². The molecule has 0 aliphatic heterocycles. The molecule has 0 heterocycles. The second-order valence-corrected chi connectivity index (χ2v) is 6.94. The Kier molecular flexibility index (Phi) is 4.11. The average molecular weight is 272 g/mol. The molecule has 0 atom stereocenters. The van der Waals surface area contributed by atoms with Gasteiger partial charge in [-0.1, -0.05) is 24.4 Å². The van der Waals surface area contributed by atoms with Gasteiger partial charge in [-0.15, -0.1) is 0 Å². The van der Waals surface area contributed by atoms with Crippen LogP contribution in [0.2, 0.25) is 0 Å². The summed E-state index contributed by atoms with van der Waals surface area (Å²) in [6.07, 6.45) is 0. The van der Waals surface area contributed by atoms with Gasteiger partial charge in [0.1, 0.15) is 4.99 Å². The molecule has 0 amide bonds. The largest absolute Gasteiger partial charge is 0.389 e. The van der Waals surface area contributed by atoms with E-state index in [1.54, 1.807) is 38.1 Å². The summed E-state index contributed by atoms with van der Waals surface area (Å²) in [5.41, 5.74) is 6.73. The fourth-order valence-corrected chi connectivity index (χ4v) is 2.49. The van der Waals surface area contributed by atoms with Crippen molar-refractivity contribution in [2.45, 2.75) is 19.1 Å². The third-order valence-corrected chi connectivity index (χ3v) is 4.87. The van der Waals surface area contributed by atoms with Crippen LogP contribution in [0.4, 0.5) is 5.69 Å². The van der Waals surface area contributed by atoms with Crippen molar-refractivity contribution in [3.8, 4) is 0 Å². The Hall–Kier alpha value is -1.14. The maximum Gasteiger partial charge on any atom is 0.237 e. The molecule has 0 spiro atoms. The zero-order valence-electron chi connectivity index (χ0n) is 10.0. The van der Waals surface area contributed by atoms with Crippen molar-refractivity contribution in [2.24, 2.45) is 5.73 Å². The lowest BCUT2D eigenvalue weighted by Gasteiger charge is -2.22. The van der Waals surface area contributed by atoms with E-state index in [0.29, 0.717) is 11.3 Å². The fraction of sp³-hybridized carbons (Fsp3) is 0.364. The molecule has 0 aromatic heterocycles. The molecule has 0 fully saturated rings. The molecule has 6 heteroatoms. The molecule has 1 aromatic carbocycles. The van der Waals surface area contributed by atoms with Gasteiger partial charge < -0.3 is 5.73 Å². The molecule has 94 valence electrons. The van der Waals surface area contributed by atoms with E-state index in [2.05, 4.69) is 0 Å². The van der Waals surface area contributed by atoms with E-state index in [-0.39, 0.29) is 4.99 Å². The molecule has 2 N–H and O–H groups in total. The molecule has 17 heavy (non-hydrogen) atoms. The Morgan fingerprint density at radius 2 is 2.00 bits per heavy atom. The van der Waals surface area contributed by atoms with E-state index >= 15 is 0 Å². The van der Waals surface area contributed by atoms with E-state index in [9.17, 15) is 8.42 Å². The highest BCUT2D eigenvalue weighted by Gasteiger charge is 2.22. The number of nitrogens with zero attached hydrogens (tertiary/aromatic N) is 1. The van der Waals surface area contributed by atoms with Gasteiger partial charge in [0.15, 0.2) is 0 Å². The zero-order chi connectivity index (χ0) is 13.2. The first kappa shape index (κ1) is 13.9. The Labute approximate surface area is 107 Å². The van der Waals surface area contributed by atoms with Gasteiger partial charge in [0.05, 0.1) is 10.9 Å². The van der Waals surface area contributed by atoms with Crippen molar-refractivity contribution in [1.29, 1.82) is 0 Å². The molecule has 1 aromatic rings. The molecule has 0 unspecified atom stereocenters. The van der Waals surface area contributed by atoms with Crippen LogP contribution in [0.25, 0.3) is 0 Å². The lowest BCUT2D eigenvalue weighted by Crippen LogP contribution is -2.33. The molecule has 0 bridgehead atoms.